The van der Waals surface area contributed by atoms with Crippen molar-refractivity contribution in [2.75, 3.05) is 5.32 Å². The summed E-state index contributed by atoms with van der Waals surface area (Å²) in [6.07, 6.45) is 1.48. The first-order valence-electron chi connectivity index (χ1n) is 5.67. The quantitative estimate of drug-likeness (QED) is 0.678. The Balaban J connectivity index is 2.23. The lowest BCUT2D eigenvalue weighted by Gasteiger charge is -2.08. The third-order valence-corrected chi connectivity index (χ3v) is 2.71. The standard InChI is InChI=1S/C13H12FN3O2/c1-9-6-7-15-13(12(9)17(18)19)16-8-10-4-2-3-5-11(10)14/h2-7H,8H2,1H3,(H,15,16). The Morgan fingerprint density at radius 1 is 1.37 bits per heavy atom. The van der Waals surface area contributed by atoms with Crippen LogP contribution in [0, 0.1) is 22.9 Å². The third kappa shape index (κ3) is 2.85. The SMILES string of the molecule is Cc1ccnc(NCc2ccccc2F)c1[N+](=O)[O-]. The largest absolute Gasteiger partial charge is 0.360 e. The molecule has 0 fully saturated rings. The lowest BCUT2D eigenvalue weighted by molar-refractivity contribution is -0.384. The molecule has 6 heteroatoms. The Morgan fingerprint density at radius 3 is 2.79 bits per heavy atom. The Morgan fingerprint density at radius 2 is 2.11 bits per heavy atom. The number of nitrogens with zero attached hydrogens (tertiary/aromatic N) is 2. The third-order valence-electron chi connectivity index (χ3n) is 2.71. The lowest BCUT2D eigenvalue weighted by Crippen LogP contribution is -2.06. The van der Waals surface area contributed by atoms with Crippen molar-refractivity contribution in [3.05, 3.63) is 63.6 Å². The molecule has 0 unspecified atom stereocenters. The minimum Gasteiger partial charge on any atom is -0.360 e. The summed E-state index contributed by atoms with van der Waals surface area (Å²) >= 11 is 0. The van der Waals surface area contributed by atoms with E-state index in [1.54, 1.807) is 31.2 Å². The van der Waals surface area contributed by atoms with Crippen molar-refractivity contribution in [3.63, 3.8) is 0 Å². The molecular formula is C13H12FN3O2. The monoisotopic (exact) mass is 261 g/mol. The van der Waals surface area contributed by atoms with Gasteiger partial charge in [-0.05, 0) is 19.1 Å². The fourth-order valence-corrected chi connectivity index (χ4v) is 1.73. The summed E-state index contributed by atoms with van der Waals surface area (Å²) in [5, 5.41) is 13.8. The predicted molar refractivity (Wildman–Crippen MR) is 69.4 cm³/mol. The van der Waals surface area contributed by atoms with Gasteiger partial charge in [-0.15, -0.1) is 0 Å². The van der Waals surface area contributed by atoms with E-state index in [9.17, 15) is 14.5 Å². The maximum absolute atomic E-state index is 13.4. The minimum atomic E-state index is -0.494. The van der Waals surface area contributed by atoms with E-state index in [2.05, 4.69) is 10.3 Å². The zero-order valence-electron chi connectivity index (χ0n) is 10.3. The highest BCUT2D eigenvalue weighted by Crippen LogP contribution is 2.25. The zero-order valence-corrected chi connectivity index (χ0v) is 10.3. The molecule has 5 nitrogen and oxygen atoms in total. The van der Waals surface area contributed by atoms with Crippen molar-refractivity contribution >= 4 is 11.5 Å². The van der Waals surface area contributed by atoms with Gasteiger partial charge in [-0.1, -0.05) is 18.2 Å². The molecule has 0 saturated carbocycles. The number of aromatic nitrogens is 1. The number of aryl methyl sites for hydroxylation is 1. The Hall–Kier alpha value is -2.50. The number of hydrogen-bond donors (Lipinski definition) is 1. The highest BCUT2D eigenvalue weighted by molar-refractivity contribution is 5.59. The molecule has 0 radical (unpaired) electrons. The molecule has 2 rings (SSSR count). The second-order valence-corrected chi connectivity index (χ2v) is 4.03. The van der Waals surface area contributed by atoms with Crippen LogP contribution in [-0.4, -0.2) is 9.91 Å². The van der Waals surface area contributed by atoms with E-state index in [1.807, 2.05) is 0 Å². The Kier molecular flexibility index (Phi) is 3.70. The smallest absolute Gasteiger partial charge is 0.314 e. The number of rotatable bonds is 4. The normalized spacial score (nSPS) is 10.2. The van der Waals surface area contributed by atoms with Crippen LogP contribution in [0.3, 0.4) is 0 Å². The second kappa shape index (κ2) is 5.43. The number of anilines is 1. The van der Waals surface area contributed by atoms with E-state index in [4.69, 9.17) is 0 Å². The van der Waals surface area contributed by atoms with Crippen molar-refractivity contribution in [2.24, 2.45) is 0 Å². The Bertz CT molecular complexity index is 617. The molecule has 0 atom stereocenters. The first-order valence-corrected chi connectivity index (χ1v) is 5.67. The molecule has 0 bridgehead atoms. The van der Waals surface area contributed by atoms with E-state index < -0.39 is 4.92 Å². The van der Waals surface area contributed by atoms with Crippen LogP contribution < -0.4 is 5.32 Å². The molecule has 1 aromatic carbocycles. The van der Waals surface area contributed by atoms with Gasteiger partial charge in [0.1, 0.15) is 5.82 Å². The van der Waals surface area contributed by atoms with Crippen LogP contribution in [0.4, 0.5) is 15.9 Å². The molecule has 2 aromatic rings. The molecule has 0 amide bonds. The van der Waals surface area contributed by atoms with Crippen molar-refractivity contribution in [3.8, 4) is 0 Å². The molecule has 1 aromatic heterocycles. The van der Waals surface area contributed by atoms with Crippen molar-refractivity contribution in [1.29, 1.82) is 0 Å². The van der Waals surface area contributed by atoms with Crippen LogP contribution in [0.5, 0.6) is 0 Å². The van der Waals surface area contributed by atoms with Gasteiger partial charge in [0.25, 0.3) is 0 Å². The lowest BCUT2D eigenvalue weighted by atomic mass is 10.2. The molecule has 0 aliphatic carbocycles. The number of benzene rings is 1. The molecular weight excluding hydrogens is 249 g/mol. The van der Waals surface area contributed by atoms with E-state index >= 15 is 0 Å². The van der Waals surface area contributed by atoms with Gasteiger partial charge in [-0.25, -0.2) is 9.37 Å². The van der Waals surface area contributed by atoms with Gasteiger partial charge in [0.15, 0.2) is 0 Å². The van der Waals surface area contributed by atoms with E-state index in [-0.39, 0.29) is 23.9 Å². The number of nitrogens with one attached hydrogen (secondary N) is 1. The van der Waals surface area contributed by atoms with Crippen molar-refractivity contribution < 1.29 is 9.31 Å². The molecule has 0 aliphatic heterocycles. The van der Waals surface area contributed by atoms with Gasteiger partial charge in [0, 0.05) is 23.9 Å². The van der Waals surface area contributed by atoms with Gasteiger partial charge >= 0.3 is 5.69 Å². The minimum absolute atomic E-state index is 0.0844. The molecule has 1 heterocycles. The van der Waals surface area contributed by atoms with Gasteiger partial charge in [-0.2, -0.15) is 0 Å². The molecule has 0 saturated heterocycles. The molecule has 19 heavy (non-hydrogen) atoms. The fraction of sp³-hybridized carbons (Fsp3) is 0.154. The van der Waals surface area contributed by atoms with Crippen LogP contribution in [-0.2, 0) is 6.54 Å². The van der Waals surface area contributed by atoms with E-state index in [0.717, 1.165) is 0 Å². The van der Waals surface area contributed by atoms with Crippen molar-refractivity contribution in [2.45, 2.75) is 13.5 Å². The van der Waals surface area contributed by atoms with Crippen LogP contribution in [0.1, 0.15) is 11.1 Å². The average molecular weight is 261 g/mol. The Labute approximate surface area is 109 Å². The molecule has 98 valence electrons. The maximum atomic E-state index is 13.4. The summed E-state index contributed by atoms with van der Waals surface area (Å²) < 4.78 is 13.4. The van der Waals surface area contributed by atoms with Gasteiger partial charge in [0.2, 0.25) is 5.82 Å². The van der Waals surface area contributed by atoms with Gasteiger partial charge in [-0.3, -0.25) is 10.1 Å². The molecule has 0 aliphatic rings. The molecule has 1 N–H and O–H groups in total. The van der Waals surface area contributed by atoms with Gasteiger partial charge < -0.3 is 5.32 Å². The number of pyridine rings is 1. The summed E-state index contributed by atoms with van der Waals surface area (Å²) in [5.41, 5.74) is 0.856. The first kappa shape index (κ1) is 12.9. The topological polar surface area (TPSA) is 68.1 Å². The van der Waals surface area contributed by atoms with E-state index in [0.29, 0.717) is 11.1 Å². The van der Waals surface area contributed by atoms with Crippen molar-refractivity contribution in [1.82, 2.24) is 4.98 Å². The summed E-state index contributed by atoms with van der Waals surface area (Å²) in [5.74, 6) is -0.210. The van der Waals surface area contributed by atoms with Gasteiger partial charge in [0.05, 0.1) is 4.92 Å². The van der Waals surface area contributed by atoms with Crippen LogP contribution in [0.2, 0.25) is 0 Å². The summed E-state index contributed by atoms with van der Waals surface area (Å²) in [7, 11) is 0. The highest BCUT2D eigenvalue weighted by atomic mass is 19.1. The average Bonchev–Trinajstić information content (AvgIpc) is 2.37. The van der Waals surface area contributed by atoms with Crippen LogP contribution in [0.25, 0.3) is 0 Å². The summed E-state index contributed by atoms with van der Waals surface area (Å²) in [6, 6.07) is 7.82. The maximum Gasteiger partial charge on any atom is 0.314 e. The number of hydrogen-bond acceptors (Lipinski definition) is 4. The first-order chi connectivity index (χ1) is 9.09. The summed E-state index contributed by atoms with van der Waals surface area (Å²) in [6.45, 7) is 1.78. The number of nitro groups is 1. The van der Waals surface area contributed by atoms with Crippen LogP contribution in [0.15, 0.2) is 36.5 Å². The summed E-state index contributed by atoms with van der Waals surface area (Å²) in [4.78, 5) is 14.4. The molecule has 0 spiro atoms. The second-order valence-electron chi connectivity index (χ2n) is 4.03. The highest BCUT2D eigenvalue weighted by Gasteiger charge is 2.18. The van der Waals surface area contributed by atoms with E-state index in [1.165, 1.54) is 12.3 Å². The number of halogens is 1. The van der Waals surface area contributed by atoms with Crippen LogP contribution >= 0.6 is 0 Å². The zero-order chi connectivity index (χ0) is 13.8. The predicted octanol–water partition coefficient (Wildman–Crippen LogP) is 3.05. The fourth-order valence-electron chi connectivity index (χ4n) is 1.73.